The Morgan fingerprint density at radius 2 is 1.13 bits per heavy atom. The number of carbonyl (C=O) groups is 14. The Morgan fingerprint density at radius 1 is 0.623 bits per heavy atom. The zero-order valence-electron chi connectivity index (χ0n) is 72.9. The minimum atomic E-state index is -2.11. The summed E-state index contributed by atoms with van der Waals surface area (Å²) in [5, 5.41) is 38.6. The van der Waals surface area contributed by atoms with Gasteiger partial charge in [0.25, 0.3) is 0 Å². The van der Waals surface area contributed by atoms with Crippen molar-refractivity contribution in [3.63, 3.8) is 0 Å². The molecule has 0 spiro atoms. The Hall–Kier alpha value is -8.08. The molecule has 29 heteroatoms. The van der Waals surface area contributed by atoms with Crippen LogP contribution in [-0.4, -0.2) is 262 Å². The van der Waals surface area contributed by atoms with Gasteiger partial charge in [0.1, 0.15) is 79.4 Å². The van der Waals surface area contributed by atoms with Gasteiger partial charge in [-0.25, -0.2) is 4.79 Å². The van der Waals surface area contributed by atoms with E-state index in [2.05, 4.69) is 21.3 Å². The summed E-state index contributed by atoms with van der Waals surface area (Å²) in [6, 6.07) is -14.1. The number of hydrogen-bond acceptors (Lipinski definition) is 18. The largest absolute Gasteiger partial charge is 0.509 e. The highest BCUT2D eigenvalue weighted by molar-refractivity contribution is 6.02. The van der Waals surface area contributed by atoms with E-state index < -0.39 is 196 Å². The van der Waals surface area contributed by atoms with Gasteiger partial charge in [0.15, 0.2) is 5.78 Å². The molecule has 0 aromatic carbocycles. The van der Waals surface area contributed by atoms with Crippen LogP contribution in [0, 0.1) is 76.1 Å². The number of ether oxygens (including phenoxy) is 2. The van der Waals surface area contributed by atoms with Crippen molar-refractivity contribution < 1.29 is 86.8 Å². The van der Waals surface area contributed by atoms with Crippen molar-refractivity contribution in [3.05, 3.63) is 42.6 Å². The van der Waals surface area contributed by atoms with Gasteiger partial charge < -0.3 is 80.0 Å². The Bertz CT molecular complexity index is 3590. The first-order chi connectivity index (χ1) is 52.9. The van der Waals surface area contributed by atoms with Gasteiger partial charge in [-0.05, 0) is 151 Å². The number of amides is 11. The number of aliphatic hydroxyl groups is 2. The third-order valence-corrected chi connectivity index (χ3v) is 25.3. The third-order valence-electron chi connectivity index (χ3n) is 25.3. The van der Waals surface area contributed by atoms with E-state index >= 15 is 24.0 Å². The quantitative estimate of drug-likeness (QED) is 0.0325. The minimum Gasteiger partial charge on any atom is -0.427 e. The molecular weight excluding hydrogens is 1460 g/mol. The molecule has 1 heterocycles. The molecule has 1 saturated heterocycles. The maximum atomic E-state index is 16.6. The molecule has 4 aliphatic carbocycles. The van der Waals surface area contributed by atoms with Crippen LogP contribution in [-0.2, 0) is 71.8 Å². The summed E-state index contributed by atoms with van der Waals surface area (Å²) in [6.07, 6.45) is 5.25. The first-order valence-electron chi connectivity index (χ1n) is 41.0. The van der Waals surface area contributed by atoms with E-state index in [4.69, 9.17) is 9.47 Å². The first kappa shape index (κ1) is 96.5. The lowest BCUT2D eigenvalue weighted by Crippen LogP contribution is -2.71. The van der Waals surface area contributed by atoms with Crippen LogP contribution >= 0.6 is 0 Å². The molecule has 29 nitrogen and oxygen atoms in total. The van der Waals surface area contributed by atoms with Crippen LogP contribution in [0.1, 0.15) is 209 Å². The Morgan fingerprint density at radius 3 is 1.66 bits per heavy atom. The number of nitrogens with zero attached hydrogens (tertiary/aromatic N) is 7. The molecule has 641 valence electrons. The highest BCUT2D eigenvalue weighted by Gasteiger charge is 2.73. The molecule has 5 aliphatic rings. The molecule has 3 saturated carbocycles. The van der Waals surface area contributed by atoms with Gasteiger partial charge >= 0.3 is 6.16 Å². The molecule has 13 unspecified atom stereocenters. The minimum absolute atomic E-state index is 0.00814. The number of likely N-dealkylation sites (N-methyl/N-ethyl adjacent to an activating group) is 7. The number of aliphatic hydroxyl groups excluding tert-OH is 1. The maximum absolute atomic E-state index is 16.6. The summed E-state index contributed by atoms with van der Waals surface area (Å²) < 4.78 is 12.0. The average molecular weight is 1600 g/mol. The van der Waals surface area contributed by atoms with Gasteiger partial charge in [-0.1, -0.05) is 135 Å². The van der Waals surface area contributed by atoms with Gasteiger partial charge in [0.05, 0.1) is 18.2 Å². The fourth-order valence-corrected chi connectivity index (χ4v) is 18.8. The van der Waals surface area contributed by atoms with Crippen molar-refractivity contribution in [1.29, 1.82) is 0 Å². The topological polar surface area (TPSA) is 369 Å². The van der Waals surface area contributed by atoms with E-state index in [0.29, 0.717) is 25.5 Å². The first-order valence-corrected chi connectivity index (χ1v) is 41.0. The molecule has 114 heavy (non-hydrogen) atoms. The molecule has 0 aromatic heterocycles. The highest BCUT2D eigenvalue weighted by atomic mass is 16.7. The summed E-state index contributed by atoms with van der Waals surface area (Å²) in [5.74, 6) is -12.1. The number of fused-ring (bicyclic) bond motifs is 5. The van der Waals surface area contributed by atoms with Crippen molar-refractivity contribution in [3.8, 4) is 0 Å². The monoisotopic (exact) mass is 1600 g/mol. The van der Waals surface area contributed by atoms with Gasteiger partial charge in [0.2, 0.25) is 65.0 Å². The predicted octanol–water partition coefficient (Wildman–Crippen LogP) is 6.56. The highest BCUT2D eigenvalue weighted by Crippen LogP contribution is 2.71. The number of allylic oxidation sites excluding steroid dienone is 6. The van der Waals surface area contributed by atoms with Crippen molar-refractivity contribution in [2.75, 3.05) is 55.9 Å². The van der Waals surface area contributed by atoms with E-state index in [9.17, 15) is 53.4 Å². The summed E-state index contributed by atoms with van der Waals surface area (Å²) in [5.41, 5.74) is -5.11. The fourth-order valence-electron chi connectivity index (χ4n) is 18.8. The molecule has 0 bridgehead atoms. The summed E-state index contributed by atoms with van der Waals surface area (Å²) in [7, 11) is 9.58. The van der Waals surface area contributed by atoms with E-state index in [1.165, 1.54) is 93.8 Å². The smallest absolute Gasteiger partial charge is 0.427 e. The standard InChI is InChI=1S/C85H138N11O18/c1-27-29-35-83(18,85(112)37-34-58-57-32-31-55-44-56(98)33-36-82(55,17)66(57)64(99)45-84(58,85)19)70(114-81(111)113-39-30-38-97)69-74(104)88-59(28-2)76(106)90(20)46-65(100)91(21)60(40-47(3)4)73(103)89-67(51(11)12)79(109)92(22)61(41-48(5)6)72(102)86-53(15)71(101)87-54(16)75(105)93(23)62(42-49(7)8)77(107)94(24)63(43-50(9)10)78(108)95(25)68(52(13)14)80(110)96(69)26/h27,29,33,36,38-39,44,47-54,57-64,66-70,99,112H,28,30-32,34-35,37,40-43,45-46H2,1-26H3,(H,86,102)(H,87,101)(H,88,104)(H,89,103)/b29-27+/t53?,54?,57?,58?,59?,60-,61?,62?,63?,64-,66?,67?,68?,69?,70?,82-,83+,84-,85-/m0/s1. The van der Waals surface area contributed by atoms with Gasteiger partial charge in [-0.15, -0.1) is 0 Å². The molecular formula is C85H138N11O18. The molecule has 4 fully saturated rings. The lowest BCUT2D eigenvalue weighted by Gasteiger charge is -2.63. The van der Waals surface area contributed by atoms with Gasteiger partial charge in [-0.3, -0.25) is 57.5 Å². The van der Waals surface area contributed by atoms with E-state index in [0.717, 1.165) is 22.0 Å². The Labute approximate surface area is 677 Å². The number of carbonyl (C=O) groups excluding carboxylic acids is 14. The third kappa shape index (κ3) is 21.2. The Kier molecular flexibility index (Phi) is 34.0. The number of nitrogens with one attached hydrogen (secondary N) is 4. The lowest BCUT2D eigenvalue weighted by molar-refractivity contribution is -0.235. The van der Waals surface area contributed by atoms with Crippen molar-refractivity contribution in [2.45, 2.75) is 287 Å². The molecule has 19 atom stereocenters. The molecule has 1 radical (unpaired) electrons. The van der Waals surface area contributed by atoms with Crippen LogP contribution < -0.4 is 21.3 Å². The van der Waals surface area contributed by atoms with E-state index in [1.807, 2.05) is 75.3 Å². The molecule has 11 amide bonds. The normalized spacial score (nSPS) is 32.1. The van der Waals surface area contributed by atoms with Gasteiger partial charge in [0, 0.05) is 77.9 Å². The van der Waals surface area contributed by atoms with Crippen LogP contribution in [0.4, 0.5) is 4.79 Å². The van der Waals surface area contributed by atoms with Crippen LogP contribution in [0.2, 0.25) is 0 Å². The summed E-state index contributed by atoms with van der Waals surface area (Å²) >= 11 is 0. The van der Waals surface area contributed by atoms with Crippen molar-refractivity contribution in [1.82, 2.24) is 55.6 Å². The number of ketones is 1. The lowest BCUT2D eigenvalue weighted by atomic mass is 9.44. The number of rotatable bonds is 20. The Balaban J connectivity index is 1.83. The fraction of sp³-hybridized carbons (Fsp3) is 0.753. The maximum Gasteiger partial charge on any atom is 0.509 e. The molecule has 1 aliphatic heterocycles. The van der Waals surface area contributed by atoms with E-state index in [1.54, 1.807) is 66.7 Å². The second kappa shape index (κ2) is 40.2. The predicted molar refractivity (Wildman–Crippen MR) is 431 cm³/mol. The van der Waals surface area contributed by atoms with Gasteiger partial charge in [-0.2, -0.15) is 0 Å². The van der Waals surface area contributed by atoms with Crippen molar-refractivity contribution in [2.24, 2.45) is 69.5 Å². The molecule has 6 N–H and O–H groups in total. The molecule has 5 rings (SSSR count). The van der Waals surface area contributed by atoms with Crippen LogP contribution in [0.3, 0.4) is 0 Å². The van der Waals surface area contributed by atoms with Crippen LogP contribution in [0.15, 0.2) is 36.0 Å². The number of hydrogen-bond donors (Lipinski definition) is 6. The van der Waals surface area contributed by atoms with Crippen molar-refractivity contribution >= 4 is 83.2 Å². The summed E-state index contributed by atoms with van der Waals surface area (Å²) in [4.78, 5) is 215. The second-order valence-electron chi connectivity index (χ2n) is 36.1. The van der Waals surface area contributed by atoms with Crippen LogP contribution in [0.25, 0.3) is 0 Å². The average Bonchev–Trinajstić information content (AvgIpc) is 1.46. The van der Waals surface area contributed by atoms with E-state index in [-0.39, 0.29) is 92.7 Å². The SMILES string of the molecule is C/C=C/C[C@](C)(C(OC(=O)O[CH]CC=O)C1C(=O)NC(CC)C(=O)N(C)CC(=O)N(C)[C@@H](CC(C)C)C(=O)NC(C(C)C)C(=O)N(C)C(CC(C)C)C(=O)NC(C)C(=O)NC(C)C(=O)N(C)C(CC(C)C)C(=O)N(C)C(CC(C)C)C(=O)N(C)C(C(C)C)C(=O)N1C)[C@@]1(O)CCC2C3CCC4=CC(=O)C=C[C@]4(C)C3[C@@H](O)C[C@@]21C. The summed E-state index contributed by atoms with van der Waals surface area (Å²) in [6.45, 7) is 33.3. The number of aldehydes is 1. The zero-order valence-corrected chi connectivity index (χ0v) is 72.9. The van der Waals surface area contributed by atoms with Crippen LogP contribution in [0.5, 0.6) is 0 Å². The second-order valence-corrected chi connectivity index (χ2v) is 36.1. The zero-order chi connectivity index (χ0) is 86.6. The molecule has 0 aromatic rings.